The Balaban J connectivity index is 1.81. The van der Waals surface area contributed by atoms with Gasteiger partial charge in [0.2, 0.25) is 5.91 Å². The van der Waals surface area contributed by atoms with Crippen molar-refractivity contribution in [2.45, 2.75) is 38.6 Å². The van der Waals surface area contributed by atoms with E-state index in [1.165, 1.54) is 12.8 Å². The van der Waals surface area contributed by atoms with Gasteiger partial charge in [0.1, 0.15) is 5.75 Å². The second-order valence-corrected chi connectivity index (χ2v) is 5.09. The number of hydrogen-bond acceptors (Lipinski definition) is 3. The SMILES string of the molecule is COc1ccc(NCC(=O)NC2CCCC2)cc1C. The molecule has 0 radical (unpaired) electrons. The summed E-state index contributed by atoms with van der Waals surface area (Å²) in [6.45, 7) is 2.31. The minimum absolute atomic E-state index is 0.0698. The third-order valence-corrected chi connectivity index (χ3v) is 3.57. The fourth-order valence-corrected chi connectivity index (χ4v) is 2.52. The molecule has 4 heteroatoms. The predicted octanol–water partition coefficient (Wildman–Crippen LogP) is 2.47. The molecule has 0 aliphatic heterocycles. The lowest BCUT2D eigenvalue weighted by molar-refractivity contribution is -0.120. The van der Waals surface area contributed by atoms with Gasteiger partial charge in [0.15, 0.2) is 0 Å². The normalized spacial score (nSPS) is 15.3. The first-order valence-corrected chi connectivity index (χ1v) is 6.87. The van der Waals surface area contributed by atoms with Crippen molar-refractivity contribution in [3.63, 3.8) is 0 Å². The lowest BCUT2D eigenvalue weighted by Crippen LogP contribution is -2.36. The van der Waals surface area contributed by atoms with Crippen LogP contribution in [0.5, 0.6) is 5.75 Å². The molecule has 0 atom stereocenters. The van der Waals surface area contributed by atoms with Crippen LogP contribution in [-0.2, 0) is 4.79 Å². The topological polar surface area (TPSA) is 50.4 Å². The molecule has 1 fully saturated rings. The third-order valence-electron chi connectivity index (χ3n) is 3.57. The van der Waals surface area contributed by atoms with E-state index in [0.29, 0.717) is 12.6 Å². The first-order valence-electron chi connectivity index (χ1n) is 6.87. The van der Waals surface area contributed by atoms with Crippen LogP contribution in [0.3, 0.4) is 0 Å². The monoisotopic (exact) mass is 262 g/mol. The Labute approximate surface area is 114 Å². The van der Waals surface area contributed by atoms with Gasteiger partial charge >= 0.3 is 0 Å². The molecule has 0 unspecified atom stereocenters. The summed E-state index contributed by atoms with van der Waals surface area (Å²) in [6, 6.07) is 6.20. The Morgan fingerprint density at radius 1 is 1.37 bits per heavy atom. The van der Waals surface area contributed by atoms with E-state index in [0.717, 1.165) is 29.8 Å². The Morgan fingerprint density at radius 2 is 2.11 bits per heavy atom. The maximum atomic E-state index is 11.8. The van der Waals surface area contributed by atoms with Crippen LogP contribution in [0.2, 0.25) is 0 Å². The van der Waals surface area contributed by atoms with Gasteiger partial charge in [-0.15, -0.1) is 0 Å². The molecular weight excluding hydrogens is 240 g/mol. The Morgan fingerprint density at radius 3 is 2.74 bits per heavy atom. The molecule has 0 heterocycles. The molecule has 1 amide bonds. The number of rotatable bonds is 5. The van der Waals surface area contributed by atoms with Crippen LogP contribution in [0, 0.1) is 6.92 Å². The molecule has 1 saturated carbocycles. The van der Waals surface area contributed by atoms with E-state index < -0.39 is 0 Å². The smallest absolute Gasteiger partial charge is 0.239 e. The second-order valence-electron chi connectivity index (χ2n) is 5.09. The average molecular weight is 262 g/mol. The molecule has 1 aromatic rings. The molecule has 1 aliphatic rings. The van der Waals surface area contributed by atoms with Crippen LogP contribution in [0.1, 0.15) is 31.2 Å². The zero-order valence-electron chi connectivity index (χ0n) is 11.7. The maximum Gasteiger partial charge on any atom is 0.239 e. The van der Waals surface area contributed by atoms with E-state index in [2.05, 4.69) is 10.6 Å². The minimum Gasteiger partial charge on any atom is -0.496 e. The number of carbonyl (C=O) groups excluding carboxylic acids is 1. The summed E-state index contributed by atoms with van der Waals surface area (Å²) in [5, 5.41) is 6.20. The van der Waals surface area contributed by atoms with Crippen LogP contribution in [0.4, 0.5) is 5.69 Å². The lowest BCUT2D eigenvalue weighted by Gasteiger charge is -2.13. The first kappa shape index (κ1) is 13.7. The molecule has 19 heavy (non-hydrogen) atoms. The van der Waals surface area contributed by atoms with Crippen LogP contribution < -0.4 is 15.4 Å². The fourth-order valence-electron chi connectivity index (χ4n) is 2.52. The number of amides is 1. The molecule has 2 N–H and O–H groups in total. The zero-order valence-corrected chi connectivity index (χ0v) is 11.7. The van der Waals surface area contributed by atoms with Gasteiger partial charge in [0.05, 0.1) is 13.7 Å². The summed E-state index contributed by atoms with van der Waals surface area (Å²) < 4.78 is 5.21. The number of hydrogen-bond donors (Lipinski definition) is 2. The fraction of sp³-hybridized carbons (Fsp3) is 0.533. The third kappa shape index (κ3) is 3.88. The van der Waals surface area contributed by atoms with Crippen LogP contribution in [0.25, 0.3) is 0 Å². The highest BCUT2D eigenvalue weighted by atomic mass is 16.5. The standard InChI is InChI=1S/C15H22N2O2/c1-11-9-13(7-8-14(11)19-2)16-10-15(18)17-12-5-3-4-6-12/h7-9,12,16H,3-6,10H2,1-2H3,(H,17,18). The highest BCUT2D eigenvalue weighted by molar-refractivity contribution is 5.81. The number of methoxy groups -OCH3 is 1. The quantitative estimate of drug-likeness (QED) is 0.857. The minimum atomic E-state index is 0.0698. The molecule has 2 rings (SSSR count). The summed E-state index contributed by atoms with van der Waals surface area (Å²) in [7, 11) is 1.66. The van der Waals surface area contributed by atoms with E-state index in [9.17, 15) is 4.79 Å². The molecule has 0 aromatic heterocycles. The van der Waals surface area contributed by atoms with Crippen molar-refractivity contribution in [2.75, 3.05) is 19.0 Å². The van der Waals surface area contributed by atoms with Crippen molar-refractivity contribution in [3.05, 3.63) is 23.8 Å². The van der Waals surface area contributed by atoms with Crippen molar-refractivity contribution >= 4 is 11.6 Å². The number of nitrogens with one attached hydrogen (secondary N) is 2. The molecule has 104 valence electrons. The van der Waals surface area contributed by atoms with Gasteiger partial charge in [-0.25, -0.2) is 0 Å². The van der Waals surface area contributed by atoms with Gasteiger partial charge in [-0.1, -0.05) is 12.8 Å². The summed E-state index contributed by atoms with van der Waals surface area (Å²) >= 11 is 0. The molecule has 1 aromatic carbocycles. The van der Waals surface area contributed by atoms with E-state index >= 15 is 0 Å². The van der Waals surface area contributed by atoms with Crippen molar-refractivity contribution < 1.29 is 9.53 Å². The van der Waals surface area contributed by atoms with E-state index in [1.807, 2.05) is 25.1 Å². The van der Waals surface area contributed by atoms with Crippen LogP contribution in [-0.4, -0.2) is 25.6 Å². The van der Waals surface area contributed by atoms with E-state index in [-0.39, 0.29) is 5.91 Å². The molecule has 0 saturated heterocycles. The Kier molecular flexibility index (Phi) is 4.66. The van der Waals surface area contributed by atoms with E-state index in [4.69, 9.17) is 4.74 Å². The van der Waals surface area contributed by atoms with Gasteiger partial charge in [-0.2, -0.15) is 0 Å². The molecule has 0 spiro atoms. The van der Waals surface area contributed by atoms with Crippen molar-refractivity contribution in [1.82, 2.24) is 5.32 Å². The number of aryl methyl sites for hydroxylation is 1. The highest BCUT2D eigenvalue weighted by Crippen LogP contribution is 2.21. The first-order chi connectivity index (χ1) is 9.19. The number of carbonyl (C=O) groups is 1. The van der Waals surface area contributed by atoms with Gasteiger partial charge in [0, 0.05) is 11.7 Å². The number of ether oxygens (including phenoxy) is 1. The van der Waals surface area contributed by atoms with Gasteiger partial charge in [-0.05, 0) is 43.5 Å². The van der Waals surface area contributed by atoms with Gasteiger partial charge in [0.25, 0.3) is 0 Å². The molecular formula is C15H22N2O2. The summed E-state index contributed by atoms with van der Waals surface area (Å²) in [4.78, 5) is 11.8. The largest absolute Gasteiger partial charge is 0.496 e. The van der Waals surface area contributed by atoms with Gasteiger partial charge < -0.3 is 15.4 Å². The zero-order chi connectivity index (χ0) is 13.7. The van der Waals surface area contributed by atoms with Crippen molar-refractivity contribution in [3.8, 4) is 5.75 Å². The van der Waals surface area contributed by atoms with Crippen molar-refractivity contribution in [1.29, 1.82) is 0 Å². The van der Waals surface area contributed by atoms with Crippen LogP contribution >= 0.6 is 0 Å². The number of anilines is 1. The van der Waals surface area contributed by atoms with Gasteiger partial charge in [-0.3, -0.25) is 4.79 Å². The van der Waals surface area contributed by atoms with E-state index in [1.54, 1.807) is 7.11 Å². The lowest BCUT2D eigenvalue weighted by atomic mass is 10.2. The van der Waals surface area contributed by atoms with Crippen LogP contribution in [0.15, 0.2) is 18.2 Å². The Bertz CT molecular complexity index is 440. The molecule has 0 bridgehead atoms. The Hall–Kier alpha value is -1.71. The average Bonchev–Trinajstić information content (AvgIpc) is 2.89. The van der Waals surface area contributed by atoms with Crippen molar-refractivity contribution in [2.24, 2.45) is 0 Å². The second kappa shape index (κ2) is 6.45. The predicted molar refractivity (Wildman–Crippen MR) is 76.6 cm³/mol. The highest BCUT2D eigenvalue weighted by Gasteiger charge is 2.16. The molecule has 4 nitrogen and oxygen atoms in total. The maximum absolute atomic E-state index is 11.8. The molecule has 1 aliphatic carbocycles. The number of benzene rings is 1. The summed E-state index contributed by atoms with van der Waals surface area (Å²) in [6.07, 6.45) is 4.70. The summed E-state index contributed by atoms with van der Waals surface area (Å²) in [5.74, 6) is 0.932. The summed E-state index contributed by atoms with van der Waals surface area (Å²) in [5.41, 5.74) is 2.00.